The molecule has 4 nitrogen and oxygen atoms in total. The van der Waals surface area contributed by atoms with Crippen molar-refractivity contribution < 1.29 is 14.0 Å². The van der Waals surface area contributed by atoms with Gasteiger partial charge in [0.05, 0.1) is 0 Å². The van der Waals surface area contributed by atoms with E-state index in [1.165, 1.54) is 6.07 Å². The molecular formula is C16H23FN2O2. The van der Waals surface area contributed by atoms with Crippen molar-refractivity contribution in [3.63, 3.8) is 0 Å². The predicted molar refractivity (Wildman–Crippen MR) is 80.2 cm³/mol. The lowest BCUT2D eigenvalue weighted by Crippen LogP contribution is -2.49. The first kappa shape index (κ1) is 17.1. The van der Waals surface area contributed by atoms with Crippen LogP contribution < -0.4 is 10.6 Å². The van der Waals surface area contributed by atoms with Gasteiger partial charge in [-0.15, -0.1) is 0 Å². The maximum absolute atomic E-state index is 13.4. The van der Waals surface area contributed by atoms with Gasteiger partial charge in [-0.25, -0.2) is 4.39 Å². The zero-order valence-corrected chi connectivity index (χ0v) is 13.0. The maximum atomic E-state index is 13.4. The highest BCUT2D eigenvalue weighted by molar-refractivity contribution is 6.04. The summed E-state index contributed by atoms with van der Waals surface area (Å²) in [5.74, 6) is -0.971. The van der Waals surface area contributed by atoms with Gasteiger partial charge in [-0.05, 0) is 45.7 Å². The average Bonchev–Trinajstić information content (AvgIpc) is 2.39. The van der Waals surface area contributed by atoms with Gasteiger partial charge in [0.1, 0.15) is 11.2 Å². The van der Waals surface area contributed by atoms with Crippen LogP contribution in [0.3, 0.4) is 0 Å². The summed E-state index contributed by atoms with van der Waals surface area (Å²) >= 11 is 0. The SMILES string of the molecule is CC(C)NC(=O)C(C)(C)C(=O)NCCc1ccccc1F. The third-order valence-corrected chi connectivity index (χ3v) is 3.19. The van der Waals surface area contributed by atoms with Crippen LogP contribution in [0.25, 0.3) is 0 Å². The normalized spacial score (nSPS) is 11.3. The monoisotopic (exact) mass is 294 g/mol. The van der Waals surface area contributed by atoms with E-state index in [-0.39, 0.29) is 30.2 Å². The van der Waals surface area contributed by atoms with Gasteiger partial charge in [0, 0.05) is 12.6 Å². The van der Waals surface area contributed by atoms with Gasteiger partial charge in [-0.2, -0.15) is 0 Å². The number of nitrogens with one attached hydrogen (secondary N) is 2. The summed E-state index contributed by atoms with van der Waals surface area (Å²) in [5.41, 5.74) is -0.610. The van der Waals surface area contributed by atoms with Crippen molar-refractivity contribution in [3.8, 4) is 0 Å². The molecule has 5 heteroatoms. The van der Waals surface area contributed by atoms with E-state index in [9.17, 15) is 14.0 Å². The van der Waals surface area contributed by atoms with E-state index in [2.05, 4.69) is 10.6 Å². The van der Waals surface area contributed by atoms with Crippen LogP contribution in [0.15, 0.2) is 24.3 Å². The molecule has 1 aromatic rings. The van der Waals surface area contributed by atoms with Crippen molar-refractivity contribution in [2.75, 3.05) is 6.54 Å². The molecule has 0 atom stereocenters. The molecule has 0 fully saturated rings. The van der Waals surface area contributed by atoms with Gasteiger partial charge in [-0.3, -0.25) is 9.59 Å². The van der Waals surface area contributed by atoms with Crippen LogP contribution in [-0.2, 0) is 16.0 Å². The minimum absolute atomic E-state index is 0.0250. The Balaban J connectivity index is 2.53. The van der Waals surface area contributed by atoms with Crippen molar-refractivity contribution in [2.45, 2.75) is 40.2 Å². The van der Waals surface area contributed by atoms with E-state index < -0.39 is 5.41 Å². The van der Waals surface area contributed by atoms with Gasteiger partial charge < -0.3 is 10.6 Å². The lowest BCUT2D eigenvalue weighted by Gasteiger charge is -2.24. The zero-order chi connectivity index (χ0) is 16.0. The Morgan fingerprint density at radius 3 is 2.38 bits per heavy atom. The van der Waals surface area contributed by atoms with Gasteiger partial charge >= 0.3 is 0 Å². The third-order valence-electron chi connectivity index (χ3n) is 3.19. The molecule has 2 amide bonds. The maximum Gasteiger partial charge on any atom is 0.235 e. The molecule has 0 radical (unpaired) electrons. The molecule has 0 aliphatic carbocycles. The molecule has 0 aromatic heterocycles. The van der Waals surface area contributed by atoms with E-state index in [0.29, 0.717) is 12.0 Å². The number of hydrogen-bond acceptors (Lipinski definition) is 2. The fourth-order valence-electron chi connectivity index (χ4n) is 1.78. The van der Waals surface area contributed by atoms with E-state index in [1.54, 1.807) is 32.0 Å². The first-order chi connectivity index (χ1) is 9.75. The van der Waals surface area contributed by atoms with Crippen molar-refractivity contribution in [3.05, 3.63) is 35.6 Å². The van der Waals surface area contributed by atoms with Crippen molar-refractivity contribution in [1.82, 2.24) is 10.6 Å². The number of halogens is 1. The molecule has 0 spiro atoms. The quantitative estimate of drug-likeness (QED) is 0.789. The highest BCUT2D eigenvalue weighted by atomic mass is 19.1. The summed E-state index contributed by atoms with van der Waals surface area (Å²) in [6, 6.07) is 6.41. The second kappa shape index (κ2) is 7.20. The van der Waals surface area contributed by atoms with Crippen LogP contribution in [0.4, 0.5) is 4.39 Å². The van der Waals surface area contributed by atoms with Crippen molar-refractivity contribution in [1.29, 1.82) is 0 Å². The molecular weight excluding hydrogens is 271 g/mol. The van der Waals surface area contributed by atoms with Gasteiger partial charge in [0.15, 0.2) is 0 Å². The number of carbonyl (C=O) groups is 2. The summed E-state index contributed by atoms with van der Waals surface area (Å²) in [7, 11) is 0. The van der Waals surface area contributed by atoms with Crippen LogP contribution in [0.1, 0.15) is 33.3 Å². The molecule has 0 aliphatic rings. The molecule has 21 heavy (non-hydrogen) atoms. The molecule has 116 valence electrons. The molecule has 0 bridgehead atoms. The Labute approximate surface area is 125 Å². The van der Waals surface area contributed by atoms with Crippen LogP contribution in [0.2, 0.25) is 0 Å². The predicted octanol–water partition coefficient (Wildman–Crippen LogP) is 2.04. The minimum atomic E-state index is -1.15. The Hall–Kier alpha value is -1.91. The summed E-state index contributed by atoms with van der Waals surface area (Å²) in [4.78, 5) is 24.1. The van der Waals surface area contributed by atoms with E-state index in [1.807, 2.05) is 13.8 Å². The first-order valence-corrected chi connectivity index (χ1v) is 7.08. The average molecular weight is 294 g/mol. The van der Waals surface area contributed by atoms with Crippen molar-refractivity contribution >= 4 is 11.8 Å². The fraction of sp³-hybridized carbons (Fsp3) is 0.500. The van der Waals surface area contributed by atoms with Crippen LogP contribution >= 0.6 is 0 Å². The molecule has 1 rings (SSSR count). The first-order valence-electron chi connectivity index (χ1n) is 7.08. The number of amides is 2. The highest BCUT2D eigenvalue weighted by Gasteiger charge is 2.35. The van der Waals surface area contributed by atoms with E-state index in [0.717, 1.165) is 0 Å². The smallest absolute Gasteiger partial charge is 0.235 e. The Kier molecular flexibility index (Phi) is 5.88. The summed E-state index contributed by atoms with van der Waals surface area (Å²) < 4.78 is 13.4. The van der Waals surface area contributed by atoms with Gasteiger partial charge in [-0.1, -0.05) is 18.2 Å². The van der Waals surface area contributed by atoms with Crippen LogP contribution in [0.5, 0.6) is 0 Å². The third kappa shape index (κ3) is 4.85. The fourth-order valence-corrected chi connectivity index (χ4v) is 1.78. The molecule has 2 N–H and O–H groups in total. The standard InChI is InChI=1S/C16H23FN2O2/c1-11(2)19-15(21)16(3,4)14(20)18-10-9-12-7-5-6-8-13(12)17/h5-8,11H,9-10H2,1-4H3,(H,18,20)(H,19,21). The van der Waals surface area contributed by atoms with E-state index >= 15 is 0 Å². The summed E-state index contributed by atoms with van der Waals surface area (Å²) in [6.07, 6.45) is 0.389. The number of hydrogen-bond donors (Lipinski definition) is 2. The summed E-state index contributed by atoms with van der Waals surface area (Å²) in [6.45, 7) is 7.11. The second-order valence-corrected chi connectivity index (χ2v) is 5.85. The zero-order valence-electron chi connectivity index (χ0n) is 13.0. The van der Waals surface area contributed by atoms with Crippen LogP contribution in [0, 0.1) is 11.2 Å². The molecule has 0 unspecified atom stereocenters. The lowest BCUT2D eigenvalue weighted by atomic mass is 9.90. The molecule has 0 aliphatic heterocycles. The molecule has 0 heterocycles. The molecule has 0 saturated heterocycles. The van der Waals surface area contributed by atoms with Crippen LogP contribution in [-0.4, -0.2) is 24.4 Å². The topological polar surface area (TPSA) is 58.2 Å². The Morgan fingerprint density at radius 2 is 1.81 bits per heavy atom. The molecule has 0 saturated carbocycles. The number of benzene rings is 1. The van der Waals surface area contributed by atoms with Gasteiger partial charge in [0.25, 0.3) is 0 Å². The van der Waals surface area contributed by atoms with Gasteiger partial charge in [0.2, 0.25) is 11.8 Å². The van der Waals surface area contributed by atoms with E-state index in [4.69, 9.17) is 0 Å². The largest absolute Gasteiger partial charge is 0.355 e. The highest BCUT2D eigenvalue weighted by Crippen LogP contribution is 2.16. The second-order valence-electron chi connectivity index (χ2n) is 5.85. The molecule has 1 aromatic carbocycles. The number of carbonyl (C=O) groups excluding carboxylic acids is 2. The minimum Gasteiger partial charge on any atom is -0.355 e. The van der Waals surface area contributed by atoms with Crippen molar-refractivity contribution in [2.24, 2.45) is 5.41 Å². The summed E-state index contributed by atoms with van der Waals surface area (Å²) in [5, 5.41) is 5.41. The Morgan fingerprint density at radius 1 is 1.19 bits per heavy atom. The lowest BCUT2D eigenvalue weighted by molar-refractivity contribution is -0.141. The Bertz CT molecular complexity index is 513. The number of rotatable bonds is 6.